The van der Waals surface area contributed by atoms with E-state index in [1.807, 2.05) is 12.3 Å². The molecule has 0 aliphatic carbocycles. The SMILES string of the molecule is c1cncc(C2NCCOC23COC3)c1. The second-order valence-corrected chi connectivity index (χ2v) is 4.08. The fourth-order valence-corrected chi connectivity index (χ4v) is 2.25. The molecule has 2 fully saturated rings. The molecule has 4 nitrogen and oxygen atoms in total. The quantitative estimate of drug-likeness (QED) is 0.727. The molecular formula is C11H14N2O2. The van der Waals surface area contributed by atoms with Crippen LogP contribution in [0.25, 0.3) is 0 Å². The summed E-state index contributed by atoms with van der Waals surface area (Å²) in [6, 6.07) is 4.26. The van der Waals surface area contributed by atoms with E-state index in [0.29, 0.717) is 13.2 Å². The van der Waals surface area contributed by atoms with Crippen LogP contribution >= 0.6 is 0 Å². The van der Waals surface area contributed by atoms with Gasteiger partial charge in [0.1, 0.15) is 5.60 Å². The summed E-state index contributed by atoms with van der Waals surface area (Å²) in [6.45, 7) is 3.01. The minimum atomic E-state index is -0.152. The first kappa shape index (κ1) is 9.27. The van der Waals surface area contributed by atoms with Gasteiger partial charge in [0.15, 0.2) is 0 Å². The van der Waals surface area contributed by atoms with Gasteiger partial charge in [-0.1, -0.05) is 6.07 Å². The number of hydrogen-bond donors (Lipinski definition) is 1. The average molecular weight is 206 g/mol. The van der Waals surface area contributed by atoms with Gasteiger partial charge in [-0.3, -0.25) is 4.98 Å². The Balaban J connectivity index is 1.89. The minimum absolute atomic E-state index is 0.152. The Bertz CT molecular complexity index is 338. The Morgan fingerprint density at radius 2 is 2.40 bits per heavy atom. The summed E-state index contributed by atoms with van der Waals surface area (Å²) >= 11 is 0. The number of rotatable bonds is 1. The number of ether oxygens (including phenoxy) is 2. The summed E-state index contributed by atoms with van der Waals surface area (Å²) in [5.41, 5.74) is 1.03. The molecule has 80 valence electrons. The van der Waals surface area contributed by atoms with Crippen LogP contribution in [0.15, 0.2) is 24.5 Å². The molecule has 1 aromatic heterocycles. The van der Waals surface area contributed by atoms with Gasteiger partial charge in [-0.15, -0.1) is 0 Å². The molecule has 1 aromatic rings. The lowest BCUT2D eigenvalue weighted by molar-refractivity contribution is -0.239. The summed E-state index contributed by atoms with van der Waals surface area (Å²) in [5, 5.41) is 3.48. The first-order valence-corrected chi connectivity index (χ1v) is 5.26. The Morgan fingerprint density at radius 3 is 3.07 bits per heavy atom. The van der Waals surface area contributed by atoms with Crippen molar-refractivity contribution in [3.05, 3.63) is 30.1 Å². The number of hydrogen-bond acceptors (Lipinski definition) is 4. The number of nitrogens with zero attached hydrogens (tertiary/aromatic N) is 1. The summed E-state index contributed by atoms with van der Waals surface area (Å²) in [5.74, 6) is 0. The van der Waals surface area contributed by atoms with Gasteiger partial charge in [-0.25, -0.2) is 0 Å². The molecule has 1 atom stereocenters. The van der Waals surface area contributed by atoms with Gasteiger partial charge < -0.3 is 14.8 Å². The number of aromatic nitrogens is 1. The van der Waals surface area contributed by atoms with Crippen LogP contribution < -0.4 is 5.32 Å². The Labute approximate surface area is 88.6 Å². The molecule has 3 heterocycles. The maximum Gasteiger partial charge on any atom is 0.134 e. The van der Waals surface area contributed by atoms with Crippen LogP contribution in [0.4, 0.5) is 0 Å². The van der Waals surface area contributed by atoms with Crippen molar-refractivity contribution in [2.24, 2.45) is 0 Å². The first-order valence-electron chi connectivity index (χ1n) is 5.26. The lowest BCUT2D eigenvalue weighted by atomic mass is 9.86. The highest BCUT2D eigenvalue weighted by atomic mass is 16.6. The average Bonchev–Trinajstić information content (AvgIpc) is 2.28. The van der Waals surface area contributed by atoms with Crippen LogP contribution in [0.1, 0.15) is 11.6 Å². The van der Waals surface area contributed by atoms with E-state index in [4.69, 9.17) is 9.47 Å². The number of pyridine rings is 1. The molecule has 0 aromatic carbocycles. The van der Waals surface area contributed by atoms with Gasteiger partial charge in [0, 0.05) is 18.9 Å². The molecule has 0 bridgehead atoms. The summed E-state index contributed by atoms with van der Waals surface area (Å²) in [7, 11) is 0. The van der Waals surface area contributed by atoms with Gasteiger partial charge in [0.05, 0.1) is 25.9 Å². The smallest absolute Gasteiger partial charge is 0.134 e. The van der Waals surface area contributed by atoms with E-state index in [1.165, 1.54) is 5.56 Å². The van der Waals surface area contributed by atoms with E-state index >= 15 is 0 Å². The van der Waals surface area contributed by atoms with E-state index in [9.17, 15) is 0 Å². The minimum Gasteiger partial charge on any atom is -0.375 e. The topological polar surface area (TPSA) is 43.4 Å². The van der Waals surface area contributed by atoms with E-state index in [1.54, 1.807) is 6.20 Å². The van der Waals surface area contributed by atoms with E-state index in [2.05, 4.69) is 16.4 Å². The zero-order chi connectivity index (χ0) is 10.1. The van der Waals surface area contributed by atoms with Crippen molar-refractivity contribution in [3.63, 3.8) is 0 Å². The highest BCUT2D eigenvalue weighted by Gasteiger charge is 2.49. The maximum absolute atomic E-state index is 5.85. The van der Waals surface area contributed by atoms with Gasteiger partial charge in [-0.05, 0) is 11.6 Å². The van der Waals surface area contributed by atoms with Crippen LogP contribution in [-0.4, -0.2) is 37.0 Å². The highest BCUT2D eigenvalue weighted by molar-refractivity contribution is 5.21. The van der Waals surface area contributed by atoms with Crippen molar-refractivity contribution < 1.29 is 9.47 Å². The summed E-state index contributed by atoms with van der Waals surface area (Å²) in [6.07, 6.45) is 3.68. The maximum atomic E-state index is 5.85. The van der Waals surface area contributed by atoms with Crippen LogP contribution in [0.3, 0.4) is 0 Å². The molecule has 1 unspecified atom stereocenters. The Hall–Kier alpha value is -0.970. The van der Waals surface area contributed by atoms with Crippen LogP contribution in [-0.2, 0) is 9.47 Å². The molecule has 2 aliphatic rings. The second-order valence-electron chi connectivity index (χ2n) is 4.08. The Morgan fingerprint density at radius 1 is 1.47 bits per heavy atom. The van der Waals surface area contributed by atoms with Crippen molar-refractivity contribution >= 4 is 0 Å². The number of morpholine rings is 1. The van der Waals surface area contributed by atoms with Crippen LogP contribution in [0.2, 0.25) is 0 Å². The third-order valence-corrected chi connectivity index (χ3v) is 3.08. The second kappa shape index (κ2) is 3.56. The van der Waals surface area contributed by atoms with E-state index in [-0.39, 0.29) is 11.6 Å². The normalized spacial score (nSPS) is 28.7. The van der Waals surface area contributed by atoms with Gasteiger partial charge >= 0.3 is 0 Å². The van der Waals surface area contributed by atoms with Crippen molar-refractivity contribution in [2.75, 3.05) is 26.4 Å². The molecule has 4 heteroatoms. The lowest BCUT2D eigenvalue weighted by Crippen LogP contribution is -2.63. The predicted octanol–water partition coefficient (Wildman–Crippen LogP) is 0.511. The molecule has 0 amide bonds. The van der Waals surface area contributed by atoms with Gasteiger partial charge in [-0.2, -0.15) is 0 Å². The van der Waals surface area contributed by atoms with Crippen molar-refractivity contribution in [2.45, 2.75) is 11.6 Å². The molecule has 2 aliphatic heterocycles. The highest BCUT2D eigenvalue weighted by Crippen LogP contribution is 2.37. The largest absolute Gasteiger partial charge is 0.375 e. The van der Waals surface area contributed by atoms with Crippen molar-refractivity contribution in [3.8, 4) is 0 Å². The summed E-state index contributed by atoms with van der Waals surface area (Å²) in [4.78, 5) is 4.15. The summed E-state index contributed by atoms with van der Waals surface area (Å²) < 4.78 is 11.1. The molecule has 1 spiro atoms. The first-order chi connectivity index (χ1) is 7.41. The number of nitrogens with one attached hydrogen (secondary N) is 1. The van der Waals surface area contributed by atoms with Gasteiger partial charge in [0.2, 0.25) is 0 Å². The Kier molecular flexibility index (Phi) is 2.20. The molecule has 2 saturated heterocycles. The molecule has 1 N–H and O–H groups in total. The fraction of sp³-hybridized carbons (Fsp3) is 0.545. The van der Waals surface area contributed by atoms with Crippen LogP contribution in [0.5, 0.6) is 0 Å². The molecule has 0 saturated carbocycles. The third kappa shape index (κ3) is 1.45. The zero-order valence-electron chi connectivity index (χ0n) is 8.48. The third-order valence-electron chi connectivity index (χ3n) is 3.08. The standard InChI is InChI=1S/C11H14N2O2/c1-2-9(6-12-3-1)10-11(7-14-8-11)15-5-4-13-10/h1-3,6,10,13H,4-5,7-8H2. The van der Waals surface area contributed by atoms with E-state index in [0.717, 1.165) is 13.2 Å². The lowest BCUT2D eigenvalue weighted by Gasteiger charge is -2.49. The molecule has 15 heavy (non-hydrogen) atoms. The van der Waals surface area contributed by atoms with E-state index < -0.39 is 0 Å². The fourth-order valence-electron chi connectivity index (χ4n) is 2.25. The molecular weight excluding hydrogens is 192 g/mol. The monoisotopic (exact) mass is 206 g/mol. The van der Waals surface area contributed by atoms with Gasteiger partial charge in [0.25, 0.3) is 0 Å². The zero-order valence-corrected chi connectivity index (χ0v) is 8.48. The predicted molar refractivity (Wildman–Crippen MR) is 54.5 cm³/mol. The molecule has 0 radical (unpaired) electrons. The van der Waals surface area contributed by atoms with Crippen LogP contribution in [0, 0.1) is 0 Å². The molecule has 3 rings (SSSR count). The van der Waals surface area contributed by atoms with Crippen molar-refractivity contribution in [1.29, 1.82) is 0 Å². The van der Waals surface area contributed by atoms with Crippen molar-refractivity contribution in [1.82, 2.24) is 10.3 Å².